The van der Waals surface area contributed by atoms with Gasteiger partial charge in [0.25, 0.3) is 11.1 Å². The van der Waals surface area contributed by atoms with Gasteiger partial charge in [0.15, 0.2) is 11.6 Å². The number of H-pyrrole nitrogens is 1. The Morgan fingerprint density at radius 3 is 2.88 bits per heavy atom. The summed E-state index contributed by atoms with van der Waals surface area (Å²) in [6, 6.07) is 12.8. The number of nitriles is 1. The number of aliphatic hydroxyl groups excluding tert-OH is 1. The number of imidazole rings is 1. The number of rotatable bonds is 5. The molecule has 1 aromatic carbocycles. The van der Waals surface area contributed by atoms with E-state index in [1.807, 2.05) is 30.3 Å². The zero-order valence-electron chi connectivity index (χ0n) is 13.2. The summed E-state index contributed by atoms with van der Waals surface area (Å²) in [5.41, 5.74) is 1.57. The fraction of sp³-hybridized carbons (Fsp3) is 0.0588. The lowest BCUT2D eigenvalue weighted by Gasteiger charge is -2.00. The minimum Gasteiger partial charge on any atom is -0.510 e. The average Bonchev–Trinajstić information content (AvgIpc) is 3.39. The highest BCUT2D eigenvalue weighted by Crippen LogP contribution is 2.26. The second-order valence-electron chi connectivity index (χ2n) is 5.18. The van der Waals surface area contributed by atoms with Crippen LogP contribution in [0.15, 0.2) is 62.5 Å². The maximum atomic E-state index is 10.3. The molecule has 4 rings (SSSR count). The third-order valence-electron chi connectivity index (χ3n) is 3.50. The second-order valence-corrected chi connectivity index (χ2v) is 6.10. The third-order valence-corrected chi connectivity index (χ3v) is 4.33. The van der Waals surface area contributed by atoms with Crippen LogP contribution < -0.4 is 0 Å². The van der Waals surface area contributed by atoms with E-state index in [4.69, 9.17) is 8.83 Å². The quantitative estimate of drug-likeness (QED) is 0.311. The third kappa shape index (κ3) is 3.05. The number of furan rings is 1. The molecule has 0 saturated carbocycles. The number of aromatic amines is 1. The highest BCUT2D eigenvalue weighted by Gasteiger charge is 2.16. The van der Waals surface area contributed by atoms with Crippen LogP contribution in [0.5, 0.6) is 0 Å². The van der Waals surface area contributed by atoms with Crippen molar-refractivity contribution in [2.24, 2.45) is 0 Å². The first kappa shape index (κ1) is 16.0. The van der Waals surface area contributed by atoms with E-state index in [0.29, 0.717) is 11.6 Å². The van der Waals surface area contributed by atoms with Crippen LogP contribution >= 0.6 is 11.8 Å². The van der Waals surface area contributed by atoms with E-state index in [1.165, 1.54) is 6.26 Å². The van der Waals surface area contributed by atoms with Crippen LogP contribution in [0.1, 0.15) is 5.82 Å². The second kappa shape index (κ2) is 6.78. The highest BCUT2D eigenvalue weighted by molar-refractivity contribution is 7.99. The van der Waals surface area contributed by atoms with Crippen LogP contribution in [0, 0.1) is 11.3 Å². The fourth-order valence-corrected chi connectivity index (χ4v) is 2.94. The van der Waals surface area contributed by atoms with E-state index in [0.717, 1.165) is 22.8 Å². The lowest BCUT2D eigenvalue weighted by Crippen LogP contribution is -1.95. The Hall–Kier alpha value is -3.51. The van der Waals surface area contributed by atoms with Crippen LogP contribution in [-0.2, 0) is 0 Å². The van der Waals surface area contributed by atoms with Crippen molar-refractivity contribution in [1.29, 1.82) is 5.26 Å². The Balaban J connectivity index is 1.53. The zero-order valence-corrected chi connectivity index (χ0v) is 14.0. The van der Waals surface area contributed by atoms with Crippen molar-refractivity contribution in [1.82, 2.24) is 20.2 Å². The number of para-hydroxylation sites is 2. The van der Waals surface area contributed by atoms with Crippen LogP contribution in [0.2, 0.25) is 0 Å². The van der Waals surface area contributed by atoms with Gasteiger partial charge in [-0.15, -0.1) is 10.2 Å². The Morgan fingerprint density at radius 1 is 1.23 bits per heavy atom. The van der Waals surface area contributed by atoms with Gasteiger partial charge in [-0.3, -0.25) is 0 Å². The number of fused-ring (bicyclic) bond motifs is 1. The largest absolute Gasteiger partial charge is 0.510 e. The lowest BCUT2D eigenvalue weighted by atomic mass is 10.2. The van der Waals surface area contributed by atoms with Crippen LogP contribution in [-0.4, -0.2) is 31.0 Å². The van der Waals surface area contributed by atoms with E-state index >= 15 is 0 Å². The van der Waals surface area contributed by atoms with Gasteiger partial charge in [-0.1, -0.05) is 23.9 Å². The molecule has 0 radical (unpaired) electrons. The van der Waals surface area contributed by atoms with Gasteiger partial charge >= 0.3 is 0 Å². The van der Waals surface area contributed by atoms with Crippen molar-refractivity contribution < 1.29 is 13.9 Å². The molecule has 3 heterocycles. The predicted octanol–water partition coefficient (Wildman–Crippen LogP) is 3.79. The number of hydrogen-bond donors (Lipinski definition) is 2. The summed E-state index contributed by atoms with van der Waals surface area (Å²) in [5, 5.41) is 27.7. The van der Waals surface area contributed by atoms with Gasteiger partial charge in [-0.05, 0) is 24.3 Å². The number of allylic oxidation sites excluding steroid dienone is 1. The molecule has 0 spiro atoms. The van der Waals surface area contributed by atoms with Gasteiger partial charge < -0.3 is 18.9 Å². The van der Waals surface area contributed by atoms with E-state index in [-0.39, 0.29) is 28.2 Å². The summed E-state index contributed by atoms with van der Waals surface area (Å²) in [4.78, 5) is 7.35. The van der Waals surface area contributed by atoms with Gasteiger partial charge in [-0.2, -0.15) is 5.26 Å². The minimum atomic E-state index is -0.130. The van der Waals surface area contributed by atoms with Crippen molar-refractivity contribution in [3.63, 3.8) is 0 Å². The summed E-state index contributed by atoms with van der Waals surface area (Å²) in [7, 11) is 0. The maximum absolute atomic E-state index is 10.3. The number of hydrogen-bond acceptors (Lipinski definition) is 8. The molecule has 2 N–H and O–H groups in total. The van der Waals surface area contributed by atoms with Crippen LogP contribution in [0.3, 0.4) is 0 Å². The first-order valence-electron chi connectivity index (χ1n) is 7.52. The molecule has 128 valence electrons. The van der Waals surface area contributed by atoms with Crippen molar-refractivity contribution in [2.45, 2.75) is 5.22 Å². The molecule has 3 aromatic heterocycles. The fourth-order valence-electron chi connectivity index (χ4n) is 2.30. The number of nitrogens with one attached hydrogen (secondary N) is 1. The summed E-state index contributed by atoms with van der Waals surface area (Å²) in [6.07, 6.45) is 1.51. The lowest BCUT2D eigenvalue weighted by molar-refractivity contribution is 0.418. The summed E-state index contributed by atoms with van der Waals surface area (Å²) in [6.45, 7) is 0. The van der Waals surface area contributed by atoms with Gasteiger partial charge in [0, 0.05) is 0 Å². The summed E-state index contributed by atoms with van der Waals surface area (Å²) >= 11 is 1.11. The van der Waals surface area contributed by atoms with Gasteiger partial charge in [0.2, 0.25) is 0 Å². The molecule has 0 fully saturated rings. The van der Waals surface area contributed by atoms with Crippen LogP contribution in [0.4, 0.5) is 0 Å². The highest BCUT2D eigenvalue weighted by atomic mass is 32.2. The predicted molar refractivity (Wildman–Crippen MR) is 94.0 cm³/mol. The van der Waals surface area contributed by atoms with Gasteiger partial charge in [-0.25, -0.2) is 4.98 Å². The number of benzene rings is 1. The SMILES string of the molecule is N#CC(=C(O)CSc1nnc(-c2ccco2)o1)c1nc2ccccc2[nH]1. The number of nitrogens with zero attached hydrogens (tertiary/aromatic N) is 4. The van der Waals surface area contributed by atoms with E-state index in [9.17, 15) is 10.4 Å². The maximum Gasteiger partial charge on any atom is 0.284 e. The Morgan fingerprint density at radius 2 is 2.12 bits per heavy atom. The number of aromatic nitrogens is 4. The molecule has 0 unspecified atom stereocenters. The van der Waals surface area contributed by atoms with Gasteiger partial charge in [0.05, 0.1) is 23.0 Å². The standard InChI is InChI=1S/C17H11N5O3S/c18-8-10(15-19-11-4-1-2-5-12(11)20-15)13(23)9-26-17-22-21-16(25-17)14-6-3-7-24-14/h1-7,23H,9H2,(H,19,20). The molecule has 0 aliphatic carbocycles. The first-order chi connectivity index (χ1) is 12.7. The molecule has 9 heteroatoms. The molecule has 0 saturated heterocycles. The normalized spacial score (nSPS) is 12.1. The monoisotopic (exact) mass is 365 g/mol. The van der Waals surface area contributed by atoms with Crippen molar-refractivity contribution in [3.05, 3.63) is 54.2 Å². The molecular weight excluding hydrogens is 354 g/mol. The molecule has 0 atom stereocenters. The first-order valence-corrected chi connectivity index (χ1v) is 8.50. The topological polar surface area (TPSA) is 125 Å². The van der Waals surface area contributed by atoms with Crippen molar-refractivity contribution in [2.75, 3.05) is 5.75 Å². The number of thioether (sulfide) groups is 1. The minimum absolute atomic E-state index is 0.0690. The molecule has 4 aromatic rings. The smallest absolute Gasteiger partial charge is 0.284 e. The molecule has 26 heavy (non-hydrogen) atoms. The van der Waals surface area contributed by atoms with Crippen molar-refractivity contribution >= 4 is 28.4 Å². The van der Waals surface area contributed by atoms with Crippen molar-refractivity contribution in [3.8, 4) is 17.7 Å². The van der Waals surface area contributed by atoms with E-state index in [2.05, 4.69) is 20.2 Å². The number of aliphatic hydroxyl groups is 1. The molecule has 0 amide bonds. The van der Waals surface area contributed by atoms with Gasteiger partial charge in [0.1, 0.15) is 17.4 Å². The van der Waals surface area contributed by atoms with E-state index in [1.54, 1.807) is 12.1 Å². The summed E-state index contributed by atoms with van der Waals surface area (Å²) in [5.74, 6) is 0.977. The Bertz CT molecular complexity index is 1090. The van der Waals surface area contributed by atoms with E-state index < -0.39 is 0 Å². The molecule has 0 aliphatic rings. The molecule has 0 bridgehead atoms. The van der Waals surface area contributed by atoms with Crippen LogP contribution in [0.25, 0.3) is 28.3 Å². The average molecular weight is 365 g/mol. The molecule has 0 aliphatic heterocycles. The molecular formula is C17H11N5O3S. The zero-order chi connectivity index (χ0) is 17.9. The molecule has 8 nitrogen and oxygen atoms in total. The Labute approximate surface area is 151 Å². The summed E-state index contributed by atoms with van der Waals surface area (Å²) < 4.78 is 10.6. The Kier molecular flexibility index (Phi) is 4.17.